The third kappa shape index (κ3) is 4.83. The first-order valence-corrected chi connectivity index (χ1v) is 13.3. The highest BCUT2D eigenvalue weighted by Gasteiger charge is 2.45. The second kappa shape index (κ2) is 5.07. The molecule has 0 aromatic rings. The summed E-state index contributed by atoms with van der Waals surface area (Å²) < 4.78 is 17.2. The molecule has 6 heteroatoms. The fourth-order valence-electron chi connectivity index (χ4n) is 2.04. The molecule has 2 unspecified atom stereocenters. The van der Waals surface area contributed by atoms with Crippen LogP contribution in [0.1, 0.15) is 19.8 Å². The fourth-order valence-corrected chi connectivity index (χ4v) is 4.54. The van der Waals surface area contributed by atoms with Gasteiger partial charge in [-0.15, -0.1) is 0 Å². The van der Waals surface area contributed by atoms with E-state index in [4.69, 9.17) is 13.6 Å². The van der Waals surface area contributed by atoms with Gasteiger partial charge < -0.3 is 13.6 Å². The van der Waals surface area contributed by atoms with Gasteiger partial charge in [0.25, 0.3) is 0 Å². The van der Waals surface area contributed by atoms with Crippen LogP contribution in [0, 0.1) is 0 Å². The summed E-state index contributed by atoms with van der Waals surface area (Å²) in [5.74, 6) is -0.278. The van der Waals surface area contributed by atoms with Crippen LogP contribution in [0.5, 0.6) is 0 Å². The zero-order chi connectivity index (χ0) is 14.2. The summed E-state index contributed by atoms with van der Waals surface area (Å²) in [4.78, 5) is 12.1. The normalized spacial score (nSPS) is 30.2. The summed E-state index contributed by atoms with van der Waals surface area (Å²) in [6, 6.07) is 0. The molecule has 18 heavy (non-hydrogen) atoms. The van der Waals surface area contributed by atoms with Crippen LogP contribution in [0.2, 0.25) is 39.3 Å². The fraction of sp³-hybridized carbons (Fsp3) is 0.917. The molecule has 2 atom stereocenters. The Morgan fingerprint density at radius 3 is 2.11 bits per heavy atom. The summed E-state index contributed by atoms with van der Waals surface area (Å²) in [6.45, 7) is 14.3. The molecule has 1 heterocycles. The smallest absolute Gasteiger partial charge is 0.339 e. The Morgan fingerprint density at radius 2 is 1.72 bits per heavy atom. The second-order valence-corrected chi connectivity index (χ2v) is 15.9. The van der Waals surface area contributed by atoms with E-state index >= 15 is 0 Å². The number of carbonyl (C=O) groups excluding carboxylic acids is 1. The highest BCUT2D eigenvalue weighted by atomic mass is 28.4. The van der Waals surface area contributed by atoms with Gasteiger partial charge >= 0.3 is 5.97 Å². The van der Waals surface area contributed by atoms with Crippen molar-refractivity contribution >= 4 is 22.6 Å². The van der Waals surface area contributed by atoms with Crippen LogP contribution < -0.4 is 0 Å². The SMILES string of the molecule is CC1(O[Si](C)(C)C)CCC(O[Si](C)(C)C)OC1=O. The average Bonchev–Trinajstić information content (AvgIpc) is 2.06. The van der Waals surface area contributed by atoms with Crippen LogP contribution >= 0.6 is 0 Å². The van der Waals surface area contributed by atoms with Crippen molar-refractivity contribution < 1.29 is 18.4 Å². The number of ether oxygens (including phenoxy) is 1. The topological polar surface area (TPSA) is 44.8 Å². The molecule has 1 aliphatic rings. The molecule has 4 nitrogen and oxygen atoms in total. The van der Waals surface area contributed by atoms with E-state index in [-0.39, 0.29) is 12.3 Å². The molecule has 1 saturated heterocycles. The second-order valence-electron chi connectivity index (χ2n) is 7.05. The summed E-state index contributed by atoms with van der Waals surface area (Å²) in [6.07, 6.45) is 1.00. The Bertz CT molecular complexity index is 319. The van der Waals surface area contributed by atoms with Crippen molar-refractivity contribution in [3.8, 4) is 0 Å². The van der Waals surface area contributed by atoms with Gasteiger partial charge in [-0.1, -0.05) is 0 Å². The van der Waals surface area contributed by atoms with Gasteiger partial charge in [0.1, 0.15) is 0 Å². The van der Waals surface area contributed by atoms with Crippen LogP contribution in [0.4, 0.5) is 0 Å². The first kappa shape index (κ1) is 15.9. The molecular weight excluding hydrogens is 264 g/mol. The van der Waals surface area contributed by atoms with Crippen LogP contribution in [0.25, 0.3) is 0 Å². The molecule has 0 aromatic heterocycles. The largest absolute Gasteiger partial charge is 0.435 e. The minimum Gasteiger partial charge on any atom is -0.435 e. The maximum atomic E-state index is 12.1. The highest BCUT2D eigenvalue weighted by Crippen LogP contribution is 2.31. The molecule has 1 fully saturated rings. The Morgan fingerprint density at radius 1 is 1.17 bits per heavy atom. The van der Waals surface area contributed by atoms with Crippen molar-refractivity contribution in [3.63, 3.8) is 0 Å². The summed E-state index contributed by atoms with van der Waals surface area (Å²) >= 11 is 0. The number of rotatable bonds is 4. The van der Waals surface area contributed by atoms with Crippen molar-refractivity contribution in [3.05, 3.63) is 0 Å². The maximum Gasteiger partial charge on any atom is 0.339 e. The molecule has 0 amide bonds. The van der Waals surface area contributed by atoms with Crippen molar-refractivity contribution in [1.29, 1.82) is 0 Å². The minimum absolute atomic E-state index is 0.278. The number of cyclic esters (lactones) is 1. The zero-order valence-corrected chi connectivity index (χ0v) is 14.6. The summed E-state index contributed by atoms with van der Waals surface area (Å²) in [5.41, 5.74) is -0.788. The predicted molar refractivity (Wildman–Crippen MR) is 76.4 cm³/mol. The van der Waals surface area contributed by atoms with Crippen molar-refractivity contribution in [2.24, 2.45) is 0 Å². The first-order chi connectivity index (χ1) is 7.91. The minimum atomic E-state index is -1.76. The Kier molecular flexibility index (Phi) is 4.47. The van der Waals surface area contributed by atoms with E-state index in [0.29, 0.717) is 6.42 Å². The van der Waals surface area contributed by atoms with E-state index < -0.39 is 22.2 Å². The number of esters is 1. The van der Waals surface area contributed by atoms with Gasteiger partial charge in [0.15, 0.2) is 28.5 Å². The molecule has 0 N–H and O–H groups in total. The monoisotopic (exact) mass is 290 g/mol. The van der Waals surface area contributed by atoms with Crippen LogP contribution in [0.15, 0.2) is 0 Å². The lowest BCUT2D eigenvalue weighted by molar-refractivity contribution is -0.197. The van der Waals surface area contributed by atoms with Gasteiger partial charge in [-0.3, -0.25) is 0 Å². The Balaban J connectivity index is 2.64. The lowest BCUT2D eigenvalue weighted by atomic mass is 9.98. The lowest BCUT2D eigenvalue weighted by Crippen LogP contribution is -2.53. The van der Waals surface area contributed by atoms with E-state index in [2.05, 4.69) is 39.3 Å². The molecule has 0 saturated carbocycles. The Labute approximate surface area is 112 Å². The Hall–Kier alpha value is -0.176. The molecule has 0 spiro atoms. The predicted octanol–water partition coefficient (Wildman–Crippen LogP) is 3.11. The first-order valence-electron chi connectivity index (χ1n) is 6.50. The van der Waals surface area contributed by atoms with E-state index in [1.807, 2.05) is 6.92 Å². The van der Waals surface area contributed by atoms with Crippen LogP contribution in [-0.2, 0) is 18.4 Å². The molecule has 0 bridgehead atoms. The van der Waals surface area contributed by atoms with Gasteiger partial charge in [0.05, 0.1) is 0 Å². The van der Waals surface area contributed by atoms with Crippen molar-refractivity contribution in [1.82, 2.24) is 0 Å². The molecule has 1 aliphatic heterocycles. The van der Waals surface area contributed by atoms with E-state index in [0.717, 1.165) is 6.42 Å². The molecular formula is C12H26O4Si2. The summed E-state index contributed by atoms with van der Waals surface area (Å²) in [7, 11) is -3.44. The van der Waals surface area contributed by atoms with Gasteiger partial charge in [-0.25, -0.2) is 4.79 Å². The third-order valence-corrected chi connectivity index (χ3v) is 4.58. The van der Waals surface area contributed by atoms with E-state index in [1.165, 1.54) is 0 Å². The molecule has 0 radical (unpaired) electrons. The number of carbonyl (C=O) groups is 1. The van der Waals surface area contributed by atoms with Crippen molar-refractivity contribution in [2.45, 2.75) is 70.9 Å². The highest BCUT2D eigenvalue weighted by molar-refractivity contribution is 6.70. The van der Waals surface area contributed by atoms with Gasteiger partial charge in [0.2, 0.25) is 0 Å². The van der Waals surface area contributed by atoms with Crippen molar-refractivity contribution in [2.75, 3.05) is 0 Å². The number of hydrogen-bond donors (Lipinski definition) is 0. The number of hydrogen-bond acceptors (Lipinski definition) is 4. The quantitative estimate of drug-likeness (QED) is 0.589. The molecule has 0 aromatic carbocycles. The third-order valence-electron chi connectivity index (χ3n) is 2.54. The van der Waals surface area contributed by atoms with Crippen LogP contribution in [0.3, 0.4) is 0 Å². The van der Waals surface area contributed by atoms with E-state index in [1.54, 1.807) is 0 Å². The van der Waals surface area contributed by atoms with Gasteiger partial charge in [-0.05, 0) is 52.6 Å². The van der Waals surface area contributed by atoms with Gasteiger partial charge in [-0.2, -0.15) is 0 Å². The molecule has 106 valence electrons. The summed E-state index contributed by atoms with van der Waals surface area (Å²) in [5, 5.41) is 0. The standard InChI is InChI=1S/C12H26O4Si2/c1-12(16-18(5,6)7)9-8-10(14-11(12)13)15-17(2,3)4/h10H,8-9H2,1-7H3. The zero-order valence-electron chi connectivity index (χ0n) is 12.6. The molecule has 1 rings (SSSR count). The van der Waals surface area contributed by atoms with Crippen LogP contribution in [-0.4, -0.2) is 34.5 Å². The average molecular weight is 291 g/mol. The lowest BCUT2D eigenvalue weighted by Gasteiger charge is -2.40. The van der Waals surface area contributed by atoms with E-state index in [9.17, 15) is 4.79 Å². The maximum absolute atomic E-state index is 12.1. The molecule has 0 aliphatic carbocycles. The van der Waals surface area contributed by atoms with Gasteiger partial charge in [0, 0.05) is 6.42 Å².